The highest BCUT2D eigenvalue weighted by atomic mass is 16.5. The van der Waals surface area contributed by atoms with E-state index in [1.165, 1.54) is 38.5 Å². The van der Waals surface area contributed by atoms with Crippen LogP contribution in [-0.4, -0.2) is 34.2 Å². The van der Waals surface area contributed by atoms with Gasteiger partial charge in [-0.05, 0) is 111 Å². The first kappa shape index (κ1) is 25.5. The van der Waals surface area contributed by atoms with Crippen LogP contribution in [0.2, 0.25) is 0 Å². The lowest BCUT2D eigenvalue weighted by Crippen LogP contribution is -2.54. The van der Waals surface area contributed by atoms with Crippen LogP contribution in [0.15, 0.2) is 0 Å². The fourth-order valence-corrected chi connectivity index (χ4v) is 9.31. The number of hydrogen-bond acceptors (Lipinski definition) is 4. The summed E-state index contributed by atoms with van der Waals surface area (Å²) in [6, 6.07) is 0. The first-order valence-electron chi connectivity index (χ1n) is 13.7. The van der Waals surface area contributed by atoms with Crippen molar-refractivity contribution < 1.29 is 29.3 Å². The van der Waals surface area contributed by atoms with Gasteiger partial charge in [0.1, 0.15) is 6.10 Å². The summed E-state index contributed by atoms with van der Waals surface area (Å²) in [7, 11) is 0. The predicted octanol–water partition coefficient (Wildman–Crippen LogP) is 5.92. The molecule has 0 saturated heterocycles. The molecule has 0 aliphatic heterocycles. The highest BCUT2D eigenvalue weighted by molar-refractivity contribution is 5.76. The fraction of sp³-hybridized carbons (Fsp3) is 0.893. The van der Waals surface area contributed by atoms with Gasteiger partial charge in [0, 0.05) is 6.42 Å². The van der Waals surface area contributed by atoms with Crippen molar-refractivity contribution in [2.75, 3.05) is 0 Å². The van der Waals surface area contributed by atoms with Gasteiger partial charge in [0.05, 0.1) is 12.8 Å². The zero-order valence-electron chi connectivity index (χ0n) is 21.3. The minimum absolute atomic E-state index is 0.0369. The summed E-state index contributed by atoms with van der Waals surface area (Å²) in [5, 5.41) is 18.0. The molecule has 0 amide bonds. The zero-order chi connectivity index (χ0) is 24.7. The fourth-order valence-electron chi connectivity index (χ4n) is 9.31. The van der Waals surface area contributed by atoms with Crippen LogP contribution in [0.3, 0.4) is 0 Å². The lowest BCUT2D eigenvalue weighted by Gasteiger charge is -2.61. The zero-order valence-corrected chi connectivity index (χ0v) is 21.3. The smallest absolute Gasteiger partial charge is 0.306 e. The van der Waals surface area contributed by atoms with E-state index in [9.17, 15) is 14.4 Å². The van der Waals surface area contributed by atoms with Gasteiger partial charge >= 0.3 is 17.9 Å². The summed E-state index contributed by atoms with van der Waals surface area (Å²) in [4.78, 5) is 34.0. The second-order valence-corrected chi connectivity index (χ2v) is 12.6. The number of carbonyl (C=O) groups excluding carboxylic acids is 1. The van der Waals surface area contributed by atoms with Crippen molar-refractivity contribution in [1.29, 1.82) is 0 Å². The van der Waals surface area contributed by atoms with E-state index in [0.717, 1.165) is 43.4 Å². The Morgan fingerprint density at radius 1 is 0.853 bits per heavy atom. The van der Waals surface area contributed by atoms with Crippen molar-refractivity contribution in [2.45, 2.75) is 110 Å². The van der Waals surface area contributed by atoms with Gasteiger partial charge in [-0.25, -0.2) is 0 Å². The maximum Gasteiger partial charge on any atom is 0.306 e. The molecule has 4 aliphatic rings. The molecule has 4 fully saturated rings. The molecule has 0 bridgehead atoms. The third kappa shape index (κ3) is 4.75. The molecule has 2 N–H and O–H groups in total. The highest BCUT2D eigenvalue weighted by Gasteiger charge is 2.60. The molecule has 0 aromatic carbocycles. The number of hydrogen-bond donors (Lipinski definition) is 2. The Morgan fingerprint density at radius 3 is 2.24 bits per heavy atom. The average Bonchev–Trinajstić information content (AvgIpc) is 3.13. The van der Waals surface area contributed by atoms with E-state index in [4.69, 9.17) is 14.9 Å². The molecule has 0 spiro atoms. The lowest BCUT2D eigenvalue weighted by molar-refractivity contribution is -0.164. The Hall–Kier alpha value is -1.59. The molecular formula is C28H44O6. The summed E-state index contributed by atoms with van der Waals surface area (Å²) in [5.74, 6) is 1.96. The van der Waals surface area contributed by atoms with Crippen LogP contribution in [0, 0.1) is 46.3 Å². The molecule has 0 aromatic rings. The van der Waals surface area contributed by atoms with Gasteiger partial charge in [0.25, 0.3) is 0 Å². The van der Waals surface area contributed by atoms with E-state index in [2.05, 4.69) is 20.8 Å². The molecule has 4 rings (SSSR count). The molecule has 0 heterocycles. The highest BCUT2D eigenvalue weighted by Crippen LogP contribution is 2.68. The van der Waals surface area contributed by atoms with Crippen molar-refractivity contribution in [3.8, 4) is 0 Å². The predicted molar refractivity (Wildman–Crippen MR) is 128 cm³/mol. The third-order valence-electron chi connectivity index (χ3n) is 11.0. The average molecular weight is 477 g/mol. The lowest BCUT2D eigenvalue weighted by atomic mass is 9.44. The van der Waals surface area contributed by atoms with E-state index in [1.807, 2.05) is 0 Å². The number of rotatable bonds is 8. The molecule has 6 nitrogen and oxygen atoms in total. The van der Waals surface area contributed by atoms with E-state index in [0.29, 0.717) is 28.6 Å². The number of carboxylic acids is 2. The van der Waals surface area contributed by atoms with Crippen molar-refractivity contribution in [1.82, 2.24) is 0 Å². The summed E-state index contributed by atoms with van der Waals surface area (Å²) >= 11 is 0. The Labute approximate surface area is 204 Å². The van der Waals surface area contributed by atoms with Crippen LogP contribution in [0.1, 0.15) is 104 Å². The Balaban J connectivity index is 1.39. The second-order valence-electron chi connectivity index (χ2n) is 12.6. The molecule has 4 unspecified atom stereocenters. The monoisotopic (exact) mass is 476 g/mol. The van der Waals surface area contributed by atoms with E-state index in [1.54, 1.807) is 0 Å². The molecule has 4 saturated carbocycles. The molecule has 34 heavy (non-hydrogen) atoms. The molecule has 0 aromatic heterocycles. The van der Waals surface area contributed by atoms with Crippen LogP contribution >= 0.6 is 0 Å². The van der Waals surface area contributed by atoms with Gasteiger partial charge in [-0.1, -0.05) is 20.8 Å². The molecule has 6 heteroatoms. The quantitative estimate of drug-likeness (QED) is 0.422. The molecule has 4 aliphatic carbocycles. The molecule has 192 valence electrons. The van der Waals surface area contributed by atoms with Crippen molar-refractivity contribution >= 4 is 17.9 Å². The van der Waals surface area contributed by atoms with Crippen LogP contribution in [0.5, 0.6) is 0 Å². The van der Waals surface area contributed by atoms with Crippen molar-refractivity contribution in [2.24, 2.45) is 46.3 Å². The standard InChI is InChI=1S/C28H44O6/c1-17(4-9-24(29)30)21-7-8-22-20-6-5-18-16-19(34-26(33)11-10-25(31)32)12-14-27(18,2)23(20)13-15-28(21,22)3/h17-23H,4-16H2,1-3H3,(H,29,30)(H,31,32)/t17?,18-,19-,20?,21?,22+,23?,27+,28-/m1/s1. The van der Waals surface area contributed by atoms with E-state index in [-0.39, 0.29) is 31.3 Å². The SMILES string of the molecule is CC(CCC(=O)O)C1CC[C@H]2C3CC[C@@H]4C[C@H](OC(=O)CCC(=O)O)CC[C@]4(C)C3CC[C@]12C. The van der Waals surface area contributed by atoms with Gasteiger partial charge in [-0.3, -0.25) is 14.4 Å². The van der Waals surface area contributed by atoms with Gasteiger partial charge in [-0.15, -0.1) is 0 Å². The van der Waals surface area contributed by atoms with Crippen LogP contribution in [0.25, 0.3) is 0 Å². The van der Waals surface area contributed by atoms with Gasteiger partial charge < -0.3 is 14.9 Å². The van der Waals surface area contributed by atoms with E-state index < -0.39 is 11.9 Å². The number of fused-ring (bicyclic) bond motifs is 5. The number of carboxylic acid groups (broad SMARTS) is 2. The summed E-state index contributed by atoms with van der Waals surface area (Å²) in [5.41, 5.74) is 0.653. The molecule has 0 radical (unpaired) electrons. The number of aliphatic carboxylic acids is 2. The molecule has 9 atom stereocenters. The maximum atomic E-state index is 12.1. The first-order chi connectivity index (χ1) is 16.0. The minimum atomic E-state index is -0.957. The van der Waals surface area contributed by atoms with Crippen molar-refractivity contribution in [3.05, 3.63) is 0 Å². The normalized spacial score (nSPS) is 42.1. The molecular weight excluding hydrogens is 432 g/mol. The topological polar surface area (TPSA) is 101 Å². The van der Waals surface area contributed by atoms with Gasteiger partial charge in [0.2, 0.25) is 0 Å². The summed E-state index contributed by atoms with van der Waals surface area (Å²) in [6.45, 7) is 7.30. The first-order valence-corrected chi connectivity index (χ1v) is 13.7. The van der Waals surface area contributed by atoms with E-state index >= 15 is 0 Å². The van der Waals surface area contributed by atoms with Crippen LogP contribution in [0.4, 0.5) is 0 Å². The van der Waals surface area contributed by atoms with Crippen molar-refractivity contribution in [3.63, 3.8) is 0 Å². The van der Waals surface area contributed by atoms with Gasteiger partial charge in [-0.2, -0.15) is 0 Å². The summed E-state index contributed by atoms with van der Waals surface area (Å²) < 4.78 is 5.69. The Morgan fingerprint density at radius 2 is 1.53 bits per heavy atom. The van der Waals surface area contributed by atoms with Crippen LogP contribution < -0.4 is 0 Å². The number of carbonyl (C=O) groups is 3. The number of esters is 1. The largest absolute Gasteiger partial charge is 0.481 e. The van der Waals surface area contributed by atoms with Gasteiger partial charge in [0.15, 0.2) is 0 Å². The van der Waals surface area contributed by atoms with Crippen LogP contribution in [-0.2, 0) is 19.1 Å². The maximum absolute atomic E-state index is 12.1. The minimum Gasteiger partial charge on any atom is -0.481 e. The summed E-state index contributed by atoms with van der Waals surface area (Å²) in [6.07, 6.45) is 11.3. The Kier molecular flexibility index (Phi) is 7.36. The number of ether oxygens (including phenoxy) is 1. The Bertz CT molecular complexity index is 794. The second kappa shape index (κ2) is 9.81. The third-order valence-corrected chi connectivity index (χ3v) is 11.0.